The Bertz CT molecular complexity index is 1120. The standard InChI is InChI=1S/C23H22ClFN4O3/c1-32-22(30)19(11-14-5-3-2-4-6-14)28-23(31)29-10-9-18-20(27-13-26-18)21(29)16-12-15(24)7-8-17(16)25/h2-8,12-13,19,21H,9-11H2,1H3,(H,26,27)(H,28,31)/t19-,21?/m0/s1. The van der Waals surface area contributed by atoms with E-state index < -0.39 is 29.9 Å². The Morgan fingerprint density at radius 1 is 1.31 bits per heavy atom. The van der Waals surface area contributed by atoms with E-state index >= 15 is 0 Å². The number of hydrogen-bond donors (Lipinski definition) is 2. The van der Waals surface area contributed by atoms with E-state index in [4.69, 9.17) is 16.3 Å². The summed E-state index contributed by atoms with van der Waals surface area (Å²) in [5.74, 6) is -1.06. The molecule has 0 radical (unpaired) electrons. The lowest BCUT2D eigenvalue weighted by Crippen LogP contribution is -2.52. The topological polar surface area (TPSA) is 87.3 Å². The van der Waals surface area contributed by atoms with Gasteiger partial charge in [0.25, 0.3) is 0 Å². The Labute approximate surface area is 189 Å². The highest BCUT2D eigenvalue weighted by molar-refractivity contribution is 6.30. The van der Waals surface area contributed by atoms with Crippen molar-refractivity contribution in [2.75, 3.05) is 13.7 Å². The fourth-order valence-corrected chi connectivity index (χ4v) is 4.13. The zero-order chi connectivity index (χ0) is 22.7. The second-order valence-electron chi connectivity index (χ2n) is 7.49. The van der Waals surface area contributed by atoms with E-state index in [1.165, 1.54) is 36.5 Å². The first-order valence-electron chi connectivity index (χ1n) is 10.1. The second kappa shape index (κ2) is 9.40. The molecule has 32 heavy (non-hydrogen) atoms. The van der Waals surface area contributed by atoms with Crippen LogP contribution in [0.25, 0.3) is 0 Å². The van der Waals surface area contributed by atoms with Crippen LogP contribution in [-0.2, 0) is 22.4 Å². The fourth-order valence-electron chi connectivity index (χ4n) is 3.95. The lowest BCUT2D eigenvalue weighted by atomic mass is 9.95. The van der Waals surface area contributed by atoms with Crippen molar-refractivity contribution >= 4 is 23.6 Å². The number of nitrogens with zero attached hydrogens (tertiary/aromatic N) is 2. The first kappa shape index (κ1) is 21.8. The Hall–Kier alpha value is -3.39. The first-order chi connectivity index (χ1) is 15.5. The molecular formula is C23H22ClFN4O3. The van der Waals surface area contributed by atoms with Gasteiger partial charge in [0.05, 0.1) is 19.1 Å². The molecule has 0 aliphatic carbocycles. The van der Waals surface area contributed by atoms with Crippen molar-refractivity contribution in [2.45, 2.75) is 24.9 Å². The lowest BCUT2D eigenvalue weighted by molar-refractivity contribution is -0.142. The van der Waals surface area contributed by atoms with Crippen LogP contribution in [0.3, 0.4) is 0 Å². The molecule has 2 heterocycles. The summed E-state index contributed by atoms with van der Waals surface area (Å²) >= 11 is 6.12. The number of carbonyl (C=O) groups excluding carboxylic acids is 2. The van der Waals surface area contributed by atoms with Gasteiger partial charge in [-0.1, -0.05) is 41.9 Å². The number of aromatic amines is 1. The molecule has 0 saturated carbocycles. The van der Waals surface area contributed by atoms with Crippen LogP contribution in [0.5, 0.6) is 0 Å². The Morgan fingerprint density at radius 2 is 2.09 bits per heavy atom. The van der Waals surface area contributed by atoms with Gasteiger partial charge in [-0.25, -0.2) is 19.0 Å². The highest BCUT2D eigenvalue weighted by Crippen LogP contribution is 2.35. The number of rotatable bonds is 5. The average molecular weight is 457 g/mol. The van der Waals surface area contributed by atoms with Crippen molar-refractivity contribution in [1.29, 1.82) is 0 Å². The van der Waals surface area contributed by atoms with Crippen LogP contribution in [0.15, 0.2) is 54.9 Å². The van der Waals surface area contributed by atoms with E-state index in [-0.39, 0.29) is 12.0 Å². The van der Waals surface area contributed by atoms with Gasteiger partial charge in [-0.2, -0.15) is 0 Å². The third-order valence-electron chi connectivity index (χ3n) is 5.50. The molecule has 7 nitrogen and oxygen atoms in total. The van der Waals surface area contributed by atoms with Gasteiger partial charge in [0.1, 0.15) is 17.9 Å². The number of methoxy groups -OCH3 is 1. The number of H-pyrrole nitrogens is 1. The highest BCUT2D eigenvalue weighted by Gasteiger charge is 2.37. The fraction of sp³-hybridized carbons (Fsp3) is 0.261. The van der Waals surface area contributed by atoms with Crippen LogP contribution in [0.4, 0.5) is 9.18 Å². The van der Waals surface area contributed by atoms with Crippen LogP contribution < -0.4 is 5.32 Å². The Morgan fingerprint density at radius 3 is 2.84 bits per heavy atom. The predicted molar refractivity (Wildman–Crippen MR) is 117 cm³/mol. The molecule has 0 spiro atoms. The van der Waals surface area contributed by atoms with E-state index in [0.29, 0.717) is 23.7 Å². The SMILES string of the molecule is COC(=O)[C@H](Cc1ccccc1)NC(=O)N1CCc2[nH]cnc2C1c1cc(Cl)ccc1F. The minimum Gasteiger partial charge on any atom is -0.467 e. The summed E-state index contributed by atoms with van der Waals surface area (Å²) in [6.45, 7) is 0.302. The van der Waals surface area contributed by atoms with Gasteiger partial charge in [-0.05, 0) is 23.8 Å². The molecule has 2 aromatic carbocycles. The third kappa shape index (κ3) is 4.45. The molecule has 4 rings (SSSR count). The molecule has 1 aromatic heterocycles. The molecule has 3 aromatic rings. The molecule has 166 valence electrons. The zero-order valence-corrected chi connectivity index (χ0v) is 18.1. The number of hydrogen-bond acceptors (Lipinski definition) is 4. The molecule has 2 N–H and O–H groups in total. The van der Waals surface area contributed by atoms with Crippen LogP contribution in [-0.4, -0.2) is 46.6 Å². The van der Waals surface area contributed by atoms with Crippen molar-refractivity contribution in [3.05, 3.63) is 88.2 Å². The highest BCUT2D eigenvalue weighted by atomic mass is 35.5. The average Bonchev–Trinajstić information content (AvgIpc) is 3.28. The number of esters is 1. The molecule has 0 fully saturated rings. The van der Waals surface area contributed by atoms with Crippen LogP contribution in [0.1, 0.15) is 28.6 Å². The first-order valence-corrected chi connectivity index (χ1v) is 10.5. The summed E-state index contributed by atoms with van der Waals surface area (Å²) in [6.07, 6.45) is 2.30. The molecule has 9 heteroatoms. The second-order valence-corrected chi connectivity index (χ2v) is 7.93. The van der Waals surface area contributed by atoms with E-state index in [1.54, 1.807) is 0 Å². The van der Waals surface area contributed by atoms with Gasteiger partial charge in [0.15, 0.2) is 0 Å². The maximum absolute atomic E-state index is 14.8. The summed E-state index contributed by atoms with van der Waals surface area (Å²) in [5.41, 5.74) is 2.48. The van der Waals surface area contributed by atoms with Crippen molar-refractivity contribution < 1.29 is 18.7 Å². The van der Waals surface area contributed by atoms with Crippen molar-refractivity contribution in [2.24, 2.45) is 0 Å². The lowest BCUT2D eigenvalue weighted by Gasteiger charge is -2.36. The maximum Gasteiger partial charge on any atom is 0.328 e. The largest absolute Gasteiger partial charge is 0.467 e. The van der Waals surface area contributed by atoms with E-state index in [0.717, 1.165) is 11.3 Å². The summed E-state index contributed by atoms with van der Waals surface area (Å²) in [7, 11) is 1.27. The molecular weight excluding hydrogens is 435 g/mol. The number of nitrogens with one attached hydrogen (secondary N) is 2. The molecule has 1 aliphatic heterocycles. The summed E-state index contributed by atoms with van der Waals surface area (Å²) in [6, 6.07) is 11.3. The van der Waals surface area contributed by atoms with Crippen molar-refractivity contribution in [1.82, 2.24) is 20.2 Å². The number of amides is 2. The van der Waals surface area contributed by atoms with E-state index in [1.807, 2.05) is 30.3 Å². The van der Waals surface area contributed by atoms with Gasteiger partial charge in [-0.15, -0.1) is 0 Å². The number of imidazole rings is 1. The molecule has 1 unspecified atom stereocenters. The zero-order valence-electron chi connectivity index (χ0n) is 17.3. The third-order valence-corrected chi connectivity index (χ3v) is 5.74. The summed E-state index contributed by atoms with van der Waals surface area (Å²) in [5, 5.41) is 3.11. The number of ether oxygens (including phenoxy) is 1. The minimum atomic E-state index is -0.902. The Kier molecular flexibility index (Phi) is 6.41. The number of benzene rings is 2. The van der Waals surface area contributed by atoms with E-state index in [2.05, 4.69) is 15.3 Å². The molecule has 0 saturated heterocycles. The maximum atomic E-state index is 14.8. The smallest absolute Gasteiger partial charge is 0.328 e. The van der Waals surface area contributed by atoms with Gasteiger partial charge >= 0.3 is 12.0 Å². The molecule has 2 atom stereocenters. The van der Waals surface area contributed by atoms with Crippen molar-refractivity contribution in [3.8, 4) is 0 Å². The van der Waals surface area contributed by atoms with Gasteiger partial charge < -0.3 is 19.9 Å². The quantitative estimate of drug-likeness (QED) is 0.574. The molecule has 1 aliphatic rings. The van der Waals surface area contributed by atoms with Crippen molar-refractivity contribution in [3.63, 3.8) is 0 Å². The molecule has 0 bridgehead atoms. The Balaban J connectivity index is 1.64. The number of fused-ring (bicyclic) bond motifs is 1. The van der Waals surface area contributed by atoms with Crippen LogP contribution in [0, 0.1) is 5.82 Å². The summed E-state index contributed by atoms with van der Waals surface area (Å²) < 4.78 is 19.7. The van der Waals surface area contributed by atoms with E-state index in [9.17, 15) is 14.0 Å². The minimum absolute atomic E-state index is 0.235. The predicted octanol–water partition coefficient (Wildman–Crippen LogP) is 3.64. The van der Waals surface area contributed by atoms with Gasteiger partial charge in [-0.3, -0.25) is 0 Å². The van der Waals surface area contributed by atoms with Gasteiger partial charge in [0.2, 0.25) is 0 Å². The monoisotopic (exact) mass is 456 g/mol. The summed E-state index contributed by atoms with van der Waals surface area (Å²) in [4.78, 5) is 34.6. The number of urea groups is 1. The number of aromatic nitrogens is 2. The number of halogens is 2. The number of carbonyl (C=O) groups is 2. The normalized spacial score (nSPS) is 16.2. The van der Waals surface area contributed by atoms with Crippen LogP contribution >= 0.6 is 11.6 Å². The van der Waals surface area contributed by atoms with Gasteiger partial charge in [0, 0.05) is 35.7 Å². The van der Waals surface area contributed by atoms with Crippen LogP contribution in [0.2, 0.25) is 5.02 Å². The molecule has 2 amide bonds.